The standard InChI is InChI=1S/C12H12N6OS/c1-19-9-5-3-2-4-8(9)15-11-16-10(13)18(17-11)12-14-6-7-20-12/h2-7H,1H3,(H3,13,15,16,17). The number of benzene rings is 1. The zero-order valence-corrected chi connectivity index (χ0v) is 11.5. The maximum absolute atomic E-state index is 5.84. The molecule has 0 fully saturated rings. The van der Waals surface area contributed by atoms with Crippen molar-refractivity contribution in [3.05, 3.63) is 35.8 Å². The maximum atomic E-state index is 5.84. The second-order valence-electron chi connectivity index (χ2n) is 3.85. The fourth-order valence-electron chi connectivity index (χ4n) is 1.71. The number of para-hydroxylation sites is 2. The van der Waals surface area contributed by atoms with Crippen molar-refractivity contribution in [3.8, 4) is 10.9 Å². The third kappa shape index (κ3) is 2.28. The molecule has 0 saturated heterocycles. The zero-order valence-electron chi connectivity index (χ0n) is 10.6. The maximum Gasteiger partial charge on any atom is 0.249 e. The van der Waals surface area contributed by atoms with Crippen LogP contribution in [0.5, 0.6) is 5.75 Å². The van der Waals surface area contributed by atoms with Crippen molar-refractivity contribution < 1.29 is 4.74 Å². The Morgan fingerprint density at radius 3 is 2.95 bits per heavy atom. The molecule has 0 amide bonds. The first kappa shape index (κ1) is 12.4. The number of methoxy groups -OCH3 is 1. The summed E-state index contributed by atoms with van der Waals surface area (Å²) in [5, 5.41) is 9.88. The molecule has 0 aliphatic heterocycles. The van der Waals surface area contributed by atoms with Gasteiger partial charge in [0.1, 0.15) is 5.75 Å². The van der Waals surface area contributed by atoms with E-state index in [-0.39, 0.29) is 5.95 Å². The van der Waals surface area contributed by atoms with Gasteiger partial charge in [0.25, 0.3) is 0 Å². The molecule has 0 saturated carbocycles. The van der Waals surface area contributed by atoms with Crippen molar-refractivity contribution in [2.75, 3.05) is 18.2 Å². The number of rotatable bonds is 4. The predicted molar refractivity (Wildman–Crippen MR) is 77.7 cm³/mol. The van der Waals surface area contributed by atoms with Gasteiger partial charge in [-0.15, -0.1) is 16.4 Å². The Balaban J connectivity index is 1.91. The number of hydrogen-bond donors (Lipinski definition) is 2. The minimum Gasteiger partial charge on any atom is -0.495 e. The molecule has 3 aromatic rings. The minimum absolute atomic E-state index is 0.275. The molecule has 7 nitrogen and oxygen atoms in total. The molecule has 102 valence electrons. The molecule has 0 spiro atoms. The average molecular weight is 288 g/mol. The summed E-state index contributed by atoms with van der Waals surface area (Å²) >= 11 is 1.43. The Morgan fingerprint density at radius 2 is 2.20 bits per heavy atom. The molecule has 3 rings (SSSR count). The molecule has 8 heteroatoms. The highest BCUT2D eigenvalue weighted by molar-refractivity contribution is 7.12. The van der Waals surface area contributed by atoms with E-state index in [1.54, 1.807) is 13.3 Å². The molecule has 1 aromatic carbocycles. The number of anilines is 3. The highest BCUT2D eigenvalue weighted by atomic mass is 32.1. The molecule has 0 aliphatic rings. The van der Waals surface area contributed by atoms with Crippen LogP contribution >= 0.6 is 11.3 Å². The first-order valence-corrected chi connectivity index (χ1v) is 6.68. The van der Waals surface area contributed by atoms with Crippen LogP contribution in [-0.4, -0.2) is 26.9 Å². The molecule has 2 heterocycles. The molecule has 0 bridgehead atoms. The van der Waals surface area contributed by atoms with E-state index in [9.17, 15) is 0 Å². The zero-order chi connectivity index (χ0) is 13.9. The number of nitrogen functional groups attached to an aromatic ring is 1. The van der Waals surface area contributed by atoms with Crippen molar-refractivity contribution in [1.82, 2.24) is 19.7 Å². The lowest BCUT2D eigenvalue weighted by Crippen LogP contribution is -2.01. The van der Waals surface area contributed by atoms with E-state index >= 15 is 0 Å². The predicted octanol–water partition coefficient (Wildman–Crippen LogP) is 2.06. The summed E-state index contributed by atoms with van der Waals surface area (Å²) in [7, 11) is 1.61. The van der Waals surface area contributed by atoms with Crippen LogP contribution in [-0.2, 0) is 0 Å². The van der Waals surface area contributed by atoms with Crippen LogP contribution in [0.15, 0.2) is 35.8 Å². The van der Waals surface area contributed by atoms with Gasteiger partial charge in [0.2, 0.25) is 17.0 Å². The summed E-state index contributed by atoms with van der Waals surface area (Å²) in [6.45, 7) is 0. The van der Waals surface area contributed by atoms with E-state index in [0.29, 0.717) is 16.8 Å². The van der Waals surface area contributed by atoms with Crippen LogP contribution < -0.4 is 15.8 Å². The highest BCUT2D eigenvalue weighted by Crippen LogP contribution is 2.26. The van der Waals surface area contributed by atoms with Crippen LogP contribution in [0.25, 0.3) is 5.13 Å². The van der Waals surface area contributed by atoms with E-state index in [2.05, 4.69) is 20.4 Å². The summed E-state index contributed by atoms with van der Waals surface area (Å²) < 4.78 is 6.75. The fourth-order valence-corrected chi connectivity index (χ4v) is 2.31. The number of nitrogens with zero attached hydrogens (tertiary/aromatic N) is 4. The average Bonchev–Trinajstić information content (AvgIpc) is 3.09. The Bertz CT molecular complexity index is 709. The number of ether oxygens (including phenoxy) is 1. The Hall–Kier alpha value is -2.61. The fraction of sp³-hybridized carbons (Fsp3) is 0.0833. The monoisotopic (exact) mass is 288 g/mol. The van der Waals surface area contributed by atoms with Gasteiger partial charge in [-0.3, -0.25) is 0 Å². The van der Waals surface area contributed by atoms with Crippen molar-refractivity contribution in [1.29, 1.82) is 0 Å². The third-order valence-electron chi connectivity index (χ3n) is 2.59. The van der Waals surface area contributed by atoms with Crippen molar-refractivity contribution >= 4 is 28.9 Å². The van der Waals surface area contributed by atoms with Gasteiger partial charge in [-0.25, -0.2) is 4.98 Å². The van der Waals surface area contributed by atoms with E-state index in [1.807, 2.05) is 29.6 Å². The lowest BCUT2D eigenvalue weighted by Gasteiger charge is -2.07. The smallest absolute Gasteiger partial charge is 0.249 e. The van der Waals surface area contributed by atoms with Gasteiger partial charge >= 0.3 is 0 Å². The number of nitrogens with one attached hydrogen (secondary N) is 1. The second-order valence-corrected chi connectivity index (χ2v) is 4.72. The molecule has 0 radical (unpaired) electrons. The SMILES string of the molecule is COc1ccccc1Nc1nc(N)n(-c2nccs2)n1. The normalized spacial score (nSPS) is 10.4. The van der Waals surface area contributed by atoms with Gasteiger partial charge in [0, 0.05) is 11.6 Å². The minimum atomic E-state index is 0.275. The van der Waals surface area contributed by atoms with Gasteiger partial charge in [-0.1, -0.05) is 12.1 Å². The summed E-state index contributed by atoms with van der Waals surface area (Å²) in [6, 6.07) is 7.51. The number of nitrogens with two attached hydrogens (primary N) is 1. The van der Waals surface area contributed by atoms with E-state index in [4.69, 9.17) is 10.5 Å². The molecule has 3 N–H and O–H groups in total. The van der Waals surface area contributed by atoms with Crippen molar-refractivity contribution in [2.24, 2.45) is 0 Å². The summed E-state index contributed by atoms with van der Waals surface area (Å²) in [5.74, 6) is 1.37. The lowest BCUT2D eigenvalue weighted by molar-refractivity contribution is 0.417. The number of aromatic nitrogens is 4. The van der Waals surface area contributed by atoms with Crippen molar-refractivity contribution in [3.63, 3.8) is 0 Å². The molecule has 0 unspecified atom stereocenters. The Kier molecular flexibility index (Phi) is 3.21. The van der Waals surface area contributed by atoms with Gasteiger partial charge in [0.15, 0.2) is 0 Å². The molecular weight excluding hydrogens is 276 g/mol. The quantitative estimate of drug-likeness (QED) is 0.763. The van der Waals surface area contributed by atoms with E-state index < -0.39 is 0 Å². The number of thiazole rings is 1. The topological polar surface area (TPSA) is 90.9 Å². The molecule has 0 atom stereocenters. The Morgan fingerprint density at radius 1 is 1.35 bits per heavy atom. The first-order chi connectivity index (χ1) is 9.78. The molecule has 2 aromatic heterocycles. The van der Waals surface area contributed by atoms with Gasteiger partial charge in [-0.2, -0.15) is 9.67 Å². The van der Waals surface area contributed by atoms with Crippen LogP contribution in [0.4, 0.5) is 17.6 Å². The second kappa shape index (κ2) is 5.17. The molecule has 20 heavy (non-hydrogen) atoms. The highest BCUT2D eigenvalue weighted by Gasteiger charge is 2.12. The van der Waals surface area contributed by atoms with E-state index in [1.165, 1.54) is 16.0 Å². The summed E-state index contributed by atoms with van der Waals surface area (Å²) in [4.78, 5) is 8.31. The van der Waals surface area contributed by atoms with Gasteiger partial charge < -0.3 is 15.8 Å². The largest absolute Gasteiger partial charge is 0.495 e. The van der Waals surface area contributed by atoms with Crippen LogP contribution in [0.1, 0.15) is 0 Å². The van der Waals surface area contributed by atoms with Gasteiger partial charge in [-0.05, 0) is 12.1 Å². The first-order valence-electron chi connectivity index (χ1n) is 5.80. The lowest BCUT2D eigenvalue weighted by atomic mass is 10.3. The van der Waals surface area contributed by atoms with Gasteiger partial charge in [0.05, 0.1) is 12.8 Å². The van der Waals surface area contributed by atoms with Crippen molar-refractivity contribution in [2.45, 2.75) is 0 Å². The van der Waals surface area contributed by atoms with Crippen LogP contribution in [0.2, 0.25) is 0 Å². The van der Waals surface area contributed by atoms with Crippen LogP contribution in [0, 0.1) is 0 Å². The Labute approximate surface area is 119 Å². The molecule has 0 aliphatic carbocycles. The van der Waals surface area contributed by atoms with Crippen LogP contribution in [0.3, 0.4) is 0 Å². The summed E-state index contributed by atoms with van der Waals surface area (Å²) in [5.41, 5.74) is 6.61. The molecular formula is C12H12N6OS. The number of hydrogen-bond acceptors (Lipinski definition) is 7. The third-order valence-corrected chi connectivity index (χ3v) is 3.33. The van der Waals surface area contributed by atoms with E-state index in [0.717, 1.165) is 5.69 Å². The summed E-state index contributed by atoms with van der Waals surface area (Å²) in [6.07, 6.45) is 1.69.